The second kappa shape index (κ2) is 4.07. The smallest absolute Gasteiger partial charge is 0.123 e. The third-order valence-corrected chi connectivity index (χ3v) is 2.66. The van der Waals surface area contributed by atoms with E-state index in [0.29, 0.717) is 19.1 Å². The zero-order valence-corrected chi connectivity index (χ0v) is 7.95. The van der Waals surface area contributed by atoms with Crippen molar-refractivity contribution in [3.8, 4) is 0 Å². The van der Waals surface area contributed by atoms with Crippen molar-refractivity contribution >= 4 is 0 Å². The van der Waals surface area contributed by atoms with Gasteiger partial charge in [0.05, 0.1) is 12.7 Å². The van der Waals surface area contributed by atoms with E-state index in [-0.39, 0.29) is 11.9 Å². The number of hydrogen-bond donors (Lipinski definition) is 1. The molecule has 3 heteroatoms. The summed E-state index contributed by atoms with van der Waals surface area (Å²) in [5, 5.41) is 0. The molecular formula is C11H14FNO. The van der Waals surface area contributed by atoms with Crippen molar-refractivity contribution in [2.24, 2.45) is 5.73 Å². The van der Waals surface area contributed by atoms with Crippen LogP contribution in [0.1, 0.15) is 17.9 Å². The molecule has 2 nitrogen and oxygen atoms in total. The Morgan fingerprint density at radius 1 is 1.50 bits per heavy atom. The van der Waals surface area contributed by atoms with Crippen molar-refractivity contribution in [1.29, 1.82) is 0 Å². The van der Waals surface area contributed by atoms with Gasteiger partial charge in [-0.1, -0.05) is 12.1 Å². The maximum absolute atomic E-state index is 12.9. The zero-order valence-electron chi connectivity index (χ0n) is 7.95. The van der Waals surface area contributed by atoms with E-state index >= 15 is 0 Å². The summed E-state index contributed by atoms with van der Waals surface area (Å²) >= 11 is 0. The predicted molar refractivity (Wildman–Crippen MR) is 52.6 cm³/mol. The van der Waals surface area contributed by atoms with Gasteiger partial charge >= 0.3 is 0 Å². The lowest BCUT2D eigenvalue weighted by Crippen LogP contribution is -2.18. The monoisotopic (exact) mass is 195 g/mol. The van der Waals surface area contributed by atoms with Crippen molar-refractivity contribution < 1.29 is 9.13 Å². The minimum atomic E-state index is -0.182. The van der Waals surface area contributed by atoms with Crippen LogP contribution in [-0.2, 0) is 4.74 Å². The van der Waals surface area contributed by atoms with Gasteiger partial charge < -0.3 is 10.5 Å². The third kappa shape index (κ3) is 1.94. The molecule has 0 unspecified atom stereocenters. The Bertz CT molecular complexity index is 316. The van der Waals surface area contributed by atoms with E-state index in [0.717, 1.165) is 12.0 Å². The van der Waals surface area contributed by atoms with E-state index in [4.69, 9.17) is 10.5 Å². The molecular weight excluding hydrogens is 181 g/mol. The average Bonchev–Trinajstić information content (AvgIpc) is 2.66. The standard InChI is InChI=1S/C11H14FNO/c12-10-3-1-2-8(4-10)9-5-11(6-13)14-7-9/h1-4,9,11H,5-7,13H2/t9-,11-/m0/s1. The largest absolute Gasteiger partial charge is 0.376 e. The molecule has 0 bridgehead atoms. The van der Waals surface area contributed by atoms with Gasteiger partial charge in [0.1, 0.15) is 5.82 Å². The molecule has 76 valence electrons. The fraction of sp³-hybridized carbons (Fsp3) is 0.455. The Labute approximate surface area is 82.9 Å². The van der Waals surface area contributed by atoms with E-state index in [1.165, 1.54) is 6.07 Å². The van der Waals surface area contributed by atoms with Crippen molar-refractivity contribution in [2.75, 3.05) is 13.2 Å². The summed E-state index contributed by atoms with van der Waals surface area (Å²) in [5.41, 5.74) is 6.52. The van der Waals surface area contributed by atoms with Gasteiger partial charge in [0.25, 0.3) is 0 Å². The first-order valence-corrected chi connectivity index (χ1v) is 4.86. The average molecular weight is 195 g/mol. The van der Waals surface area contributed by atoms with Gasteiger partial charge in [0.2, 0.25) is 0 Å². The number of hydrogen-bond acceptors (Lipinski definition) is 2. The molecule has 2 atom stereocenters. The van der Waals surface area contributed by atoms with Crippen LogP contribution in [0.15, 0.2) is 24.3 Å². The Morgan fingerprint density at radius 3 is 3.00 bits per heavy atom. The Morgan fingerprint density at radius 2 is 2.36 bits per heavy atom. The van der Waals surface area contributed by atoms with E-state index in [1.807, 2.05) is 6.07 Å². The highest BCUT2D eigenvalue weighted by Crippen LogP contribution is 2.29. The Balaban J connectivity index is 2.09. The van der Waals surface area contributed by atoms with Crippen LogP contribution in [0, 0.1) is 5.82 Å². The van der Waals surface area contributed by atoms with E-state index in [1.54, 1.807) is 12.1 Å². The van der Waals surface area contributed by atoms with Crippen molar-refractivity contribution in [1.82, 2.24) is 0 Å². The lowest BCUT2D eigenvalue weighted by molar-refractivity contribution is 0.116. The van der Waals surface area contributed by atoms with Gasteiger partial charge in [-0.15, -0.1) is 0 Å². The number of nitrogens with two attached hydrogens (primary N) is 1. The number of rotatable bonds is 2. The Kier molecular flexibility index (Phi) is 2.79. The first kappa shape index (κ1) is 9.62. The van der Waals surface area contributed by atoms with Crippen molar-refractivity contribution in [3.63, 3.8) is 0 Å². The highest BCUT2D eigenvalue weighted by molar-refractivity contribution is 5.21. The molecule has 1 heterocycles. The van der Waals surface area contributed by atoms with E-state index < -0.39 is 0 Å². The molecule has 0 aliphatic carbocycles. The normalized spacial score (nSPS) is 26.7. The van der Waals surface area contributed by atoms with Crippen LogP contribution in [0.2, 0.25) is 0 Å². The molecule has 0 radical (unpaired) electrons. The predicted octanol–water partition coefficient (Wildman–Crippen LogP) is 1.66. The van der Waals surface area contributed by atoms with Crippen LogP contribution in [-0.4, -0.2) is 19.3 Å². The first-order valence-electron chi connectivity index (χ1n) is 4.86. The molecule has 1 aliphatic rings. The van der Waals surface area contributed by atoms with E-state index in [9.17, 15) is 4.39 Å². The number of halogens is 1. The van der Waals surface area contributed by atoms with Gasteiger partial charge in [-0.2, -0.15) is 0 Å². The maximum Gasteiger partial charge on any atom is 0.123 e. The molecule has 1 aliphatic heterocycles. The summed E-state index contributed by atoms with van der Waals surface area (Å²) in [4.78, 5) is 0. The van der Waals surface area contributed by atoms with Gasteiger partial charge in [-0.25, -0.2) is 4.39 Å². The summed E-state index contributed by atoms with van der Waals surface area (Å²) in [6.45, 7) is 1.21. The number of benzene rings is 1. The summed E-state index contributed by atoms with van der Waals surface area (Å²) in [5.74, 6) is 0.123. The molecule has 0 aromatic heterocycles. The number of ether oxygens (including phenoxy) is 1. The molecule has 0 spiro atoms. The highest BCUT2D eigenvalue weighted by atomic mass is 19.1. The topological polar surface area (TPSA) is 35.2 Å². The van der Waals surface area contributed by atoms with E-state index in [2.05, 4.69) is 0 Å². The molecule has 0 saturated carbocycles. The van der Waals surface area contributed by atoms with Gasteiger partial charge in [0.15, 0.2) is 0 Å². The maximum atomic E-state index is 12.9. The third-order valence-electron chi connectivity index (χ3n) is 2.66. The van der Waals surface area contributed by atoms with Crippen LogP contribution >= 0.6 is 0 Å². The minimum absolute atomic E-state index is 0.142. The van der Waals surface area contributed by atoms with Crippen LogP contribution in [0.25, 0.3) is 0 Å². The molecule has 1 saturated heterocycles. The van der Waals surface area contributed by atoms with Crippen LogP contribution < -0.4 is 5.73 Å². The van der Waals surface area contributed by atoms with Crippen LogP contribution in [0.4, 0.5) is 4.39 Å². The fourth-order valence-corrected chi connectivity index (χ4v) is 1.86. The molecule has 1 aromatic rings. The minimum Gasteiger partial charge on any atom is -0.376 e. The van der Waals surface area contributed by atoms with Crippen molar-refractivity contribution in [3.05, 3.63) is 35.6 Å². The lowest BCUT2D eigenvalue weighted by Gasteiger charge is -2.07. The second-order valence-corrected chi connectivity index (χ2v) is 3.68. The molecule has 0 amide bonds. The van der Waals surface area contributed by atoms with Crippen molar-refractivity contribution in [2.45, 2.75) is 18.4 Å². The molecule has 2 N–H and O–H groups in total. The SMILES string of the molecule is NC[C@@H]1C[C@H](c2cccc(F)c2)CO1. The summed E-state index contributed by atoms with van der Waals surface area (Å²) < 4.78 is 18.4. The second-order valence-electron chi connectivity index (χ2n) is 3.68. The highest BCUT2D eigenvalue weighted by Gasteiger charge is 2.25. The first-order chi connectivity index (χ1) is 6.79. The lowest BCUT2D eigenvalue weighted by atomic mass is 9.96. The molecule has 1 fully saturated rings. The molecule has 14 heavy (non-hydrogen) atoms. The van der Waals surface area contributed by atoms with Crippen LogP contribution in [0.3, 0.4) is 0 Å². The van der Waals surface area contributed by atoms with Gasteiger partial charge in [-0.05, 0) is 24.1 Å². The zero-order chi connectivity index (χ0) is 9.97. The molecule has 2 rings (SSSR count). The molecule has 1 aromatic carbocycles. The summed E-state index contributed by atoms with van der Waals surface area (Å²) in [6, 6.07) is 6.71. The van der Waals surface area contributed by atoms with Crippen LogP contribution in [0.5, 0.6) is 0 Å². The van der Waals surface area contributed by atoms with Gasteiger partial charge in [-0.3, -0.25) is 0 Å². The summed E-state index contributed by atoms with van der Waals surface area (Å²) in [6.07, 6.45) is 1.04. The fourth-order valence-electron chi connectivity index (χ4n) is 1.86. The van der Waals surface area contributed by atoms with Gasteiger partial charge in [0, 0.05) is 12.5 Å². The quantitative estimate of drug-likeness (QED) is 0.778. The Hall–Kier alpha value is -0.930. The summed E-state index contributed by atoms with van der Waals surface area (Å²) in [7, 11) is 0.